The number of hydrogen-bond donors (Lipinski definition) is 2. The lowest BCUT2D eigenvalue weighted by atomic mass is 9.68. The summed E-state index contributed by atoms with van der Waals surface area (Å²) in [5, 5.41) is 12.1. The highest BCUT2D eigenvalue weighted by molar-refractivity contribution is 5.96. The summed E-state index contributed by atoms with van der Waals surface area (Å²) in [5.41, 5.74) is 1.70. The van der Waals surface area contributed by atoms with E-state index in [0.29, 0.717) is 0 Å². The van der Waals surface area contributed by atoms with E-state index in [0.717, 1.165) is 16.7 Å². The number of benzene rings is 3. The Labute approximate surface area is 148 Å². The highest BCUT2D eigenvalue weighted by Gasteiger charge is 2.43. The molecule has 0 aliphatic carbocycles. The Bertz CT molecular complexity index is 705. The van der Waals surface area contributed by atoms with E-state index in [1.807, 2.05) is 91.0 Å². The monoisotopic (exact) mass is 331 g/mol. The Morgan fingerprint density at radius 2 is 1.08 bits per heavy atom. The van der Waals surface area contributed by atoms with Crippen molar-refractivity contribution in [2.75, 3.05) is 13.2 Å². The lowest BCUT2D eigenvalue weighted by Gasteiger charge is -2.34. The Morgan fingerprint density at radius 3 is 1.40 bits per heavy atom. The van der Waals surface area contributed by atoms with Gasteiger partial charge in [0.25, 0.3) is 0 Å². The summed E-state index contributed by atoms with van der Waals surface area (Å²) in [5.74, 6) is -0.148. The summed E-state index contributed by atoms with van der Waals surface area (Å²) >= 11 is 0. The van der Waals surface area contributed by atoms with Gasteiger partial charge in [-0.25, -0.2) is 0 Å². The zero-order valence-corrected chi connectivity index (χ0v) is 13.9. The summed E-state index contributed by atoms with van der Waals surface area (Å²) in [6.07, 6.45) is 0. The van der Waals surface area contributed by atoms with E-state index in [1.54, 1.807) is 0 Å². The molecule has 2 N–H and O–H groups in total. The van der Waals surface area contributed by atoms with Crippen LogP contribution in [-0.4, -0.2) is 24.2 Å². The maximum Gasteiger partial charge on any atom is 0.239 e. The van der Waals surface area contributed by atoms with E-state index in [4.69, 9.17) is 0 Å². The molecule has 3 rings (SSSR count). The van der Waals surface area contributed by atoms with Crippen LogP contribution in [0.5, 0.6) is 0 Å². The van der Waals surface area contributed by atoms with E-state index in [1.165, 1.54) is 0 Å². The molecule has 3 nitrogen and oxygen atoms in total. The minimum Gasteiger partial charge on any atom is -0.395 e. The second-order valence-corrected chi connectivity index (χ2v) is 5.83. The number of aliphatic hydroxyl groups excluding tert-OH is 1. The quantitative estimate of drug-likeness (QED) is 0.682. The maximum absolute atomic E-state index is 13.4. The minimum atomic E-state index is -0.973. The molecule has 25 heavy (non-hydrogen) atoms. The van der Waals surface area contributed by atoms with Crippen LogP contribution in [0.1, 0.15) is 16.7 Å². The van der Waals surface area contributed by atoms with Crippen molar-refractivity contribution in [3.8, 4) is 0 Å². The smallest absolute Gasteiger partial charge is 0.239 e. The number of amides is 1. The number of aliphatic hydroxyl groups is 1. The van der Waals surface area contributed by atoms with E-state index in [-0.39, 0.29) is 19.1 Å². The molecule has 3 aromatic carbocycles. The molecule has 1 amide bonds. The lowest BCUT2D eigenvalue weighted by molar-refractivity contribution is -0.124. The topological polar surface area (TPSA) is 49.3 Å². The number of rotatable bonds is 6. The van der Waals surface area contributed by atoms with Crippen LogP contribution in [0.3, 0.4) is 0 Å². The van der Waals surface area contributed by atoms with Crippen LogP contribution in [-0.2, 0) is 10.2 Å². The van der Waals surface area contributed by atoms with Crippen molar-refractivity contribution in [1.29, 1.82) is 0 Å². The highest BCUT2D eigenvalue weighted by atomic mass is 16.3. The molecule has 0 aromatic heterocycles. The van der Waals surface area contributed by atoms with Gasteiger partial charge in [0.05, 0.1) is 6.61 Å². The fourth-order valence-corrected chi connectivity index (χ4v) is 3.26. The van der Waals surface area contributed by atoms with Gasteiger partial charge in [0.2, 0.25) is 5.91 Å². The van der Waals surface area contributed by atoms with Crippen LogP contribution < -0.4 is 5.32 Å². The van der Waals surface area contributed by atoms with Crippen molar-refractivity contribution in [2.24, 2.45) is 0 Å². The van der Waals surface area contributed by atoms with E-state index in [9.17, 15) is 9.90 Å². The molecule has 3 heteroatoms. The summed E-state index contributed by atoms with van der Waals surface area (Å²) < 4.78 is 0. The Hall–Kier alpha value is -2.91. The molecular formula is C22H21NO2. The Balaban J connectivity index is 2.30. The highest BCUT2D eigenvalue weighted by Crippen LogP contribution is 2.39. The second-order valence-electron chi connectivity index (χ2n) is 5.83. The third-order valence-electron chi connectivity index (χ3n) is 4.36. The molecule has 0 aliphatic heterocycles. The van der Waals surface area contributed by atoms with Gasteiger partial charge in [0.1, 0.15) is 5.41 Å². The van der Waals surface area contributed by atoms with Crippen molar-refractivity contribution < 1.29 is 9.90 Å². The number of carbonyl (C=O) groups excluding carboxylic acids is 1. The Morgan fingerprint density at radius 1 is 0.720 bits per heavy atom. The Kier molecular flexibility index (Phi) is 5.26. The van der Waals surface area contributed by atoms with Gasteiger partial charge in [-0.15, -0.1) is 0 Å². The van der Waals surface area contributed by atoms with Crippen LogP contribution in [0, 0.1) is 0 Å². The molecule has 3 aromatic rings. The molecule has 0 saturated heterocycles. The molecule has 0 spiro atoms. The van der Waals surface area contributed by atoms with E-state index < -0.39 is 5.41 Å². The predicted molar refractivity (Wildman–Crippen MR) is 99.3 cm³/mol. The summed E-state index contributed by atoms with van der Waals surface area (Å²) in [4.78, 5) is 13.4. The van der Waals surface area contributed by atoms with Gasteiger partial charge < -0.3 is 10.4 Å². The molecule has 0 heterocycles. The molecule has 0 radical (unpaired) electrons. The molecule has 0 aliphatic rings. The first-order chi connectivity index (χ1) is 12.3. The van der Waals surface area contributed by atoms with E-state index in [2.05, 4.69) is 5.32 Å². The largest absolute Gasteiger partial charge is 0.395 e. The van der Waals surface area contributed by atoms with Crippen molar-refractivity contribution in [1.82, 2.24) is 5.32 Å². The molecule has 126 valence electrons. The first-order valence-corrected chi connectivity index (χ1v) is 8.36. The third-order valence-corrected chi connectivity index (χ3v) is 4.36. The first-order valence-electron chi connectivity index (χ1n) is 8.36. The summed E-state index contributed by atoms with van der Waals surface area (Å²) in [6.45, 7) is 0.118. The minimum absolute atomic E-state index is 0.0970. The molecular weight excluding hydrogens is 310 g/mol. The summed E-state index contributed by atoms with van der Waals surface area (Å²) in [7, 11) is 0. The van der Waals surface area contributed by atoms with Crippen molar-refractivity contribution in [3.63, 3.8) is 0 Å². The van der Waals surface area contributed by atoms with Crippen molar-refractivity contribution in [2.45, 2.75) is 5.41 Å². The fourth-order valence-electron chi connectivity index (χ4n) is 3.26. The first kappa shape index (κ1) is 16.9. The SMILES string of the molecule is O=C(NCCO)C(c1ccccc1)(c1ccccc1)c1ccccc1. The van der Waals surface area contributed by atoms with Crippen LogP contribution in [0.15, 0.2) is 91.0 Å². The van der Waals surface area contributed by atoms with E-state index >= 15 is 0 Å². The van der Waals surface area contributed by atoms with Crippen LogP contribution in [0.2, 0.25) is 0 Å². The third kappa shape index (κ3) is 3.19. The summed E-state index contributed by atoms with van der Waals surface area (Å²) in [6, 6.07) is 29.3. The van der Waals surface area contributed by atoms with Gasteiger partial charge in [0, 0.05) is 6.54 Å². The second kappa shape index (κ2) is 7.77. The van der Waals surface area contributed by atoms with Gasteiger partial charge in [-0.2, -0.15) is 0 Å². The zero-order chi connectivity index (χ0) is 17.5. The number of nitrogens with one attached hydrogen (secondary N) is 1. The molecule has 0 fully saturated rings. The standard InChI is InChI=1S/C22H21NO2/c24-17-16-23-21(25)22(18-10-4-1-5-11-18,19-12-6-2-7-13-19)20-14-8-3-9-15-20/h1-15,24H,16-17H2,(H,23,25). The maximum atomic E-state index is 13.4. The normalized spacial score (nSPS) is 11.1. The van der Waals surface area contributed by atoms with Gasteiger partial charge in [-0.1, -0.05) is 91.0 Å². The fraction of sp³-hybridized carbons (Fsp3) is 0.136. The predicted octanol–water partition coefficient (Wildman–Crippen LogP) is 3.13. The molecule has 0 saturated carbocycles. The average Bonchev–Trinajstić information content (AvgIpc) is 2.69. The number of hydrogen-bond acceptors (Lipinski definition) is 2. The van der Waals surface area contributed by atoms with Crippen molar-refractivity contribution in [3.05, 3.63) is 108 Å². The van der Waals surface area contributed by atoms with Gasteiger partial charge in [0.15, 0.2) is 0 Å². The van der Waals surface area contributed by atoms with Crippen LogP contribution in [0.25, 0.3) is 0 Å². The van der Waals surface area contributed by atoms with Crippen molar-refractivity contribution >= 4 is 5.91 Å². The molecule has 0 atom stereocenters. The van der Waals surface area contributed by atoms with Crippen LogP contribution in [0.4, 0.5) is 0 Å². The zero-order valence-electron chi connectivity index (χ0n) is 13.9. The van der Waals surface area contributed by atoms with Gasteiger partial charge >= 0.3 is 0 Å². The lowest BCUT2D eigenvalue weighted by Crippen LogP contribution is -2.47. The molecule has 0 unspecified atom stereocenters. The van der Waals surface area contributed by atoms with Crippen LogP contribution >= 0.6 is 0 Å². The molecule has 0 bridgehead atoms. The average molecular weight is 331 g/mol. The number of carbonyl (C=O) groups is 1. The van der Waals surface area contributed by atoms with Gasteiger partial charge in [-0.05, 0) is 16.7 Å². The van der Waals surface area contributed by atoms with Gasteiger partial charge in [-0.3, -0.25) is 4.79 Å².